The Bertz CT molecular complexity index is 635. The Hall–Kier alpha value is -2.15. The van der Waals surface area contributed by atoms with E-state index in [-0.39, 0.29) is 11.9 Å². The van der Waals surface area contributed by atoms with Crippen molar-refractivity contribution in [2.45, 2.75) is 32.9 Å². The summed E-state index contributed by atoms with van der Waals surface area (Å²) in [4.78, 5) is 24.6. The number of carbonyl (C=O) groups excluding carboxylic acids is 1. The lowest BCUT2D eigenvalue weighted by Crippen LogP contribution is -2.50. The third-order valence-electron chi connectivity index (χ3n) is 4.35. The van der Waals surface area contributed by atoms with E-state index in [1.165, 1.54) is 0 Å². The molecule has 3 rings (SSSR count). The summed E-state index contributed by atoms with van der Waals surface area (Å²) in [6.45, 7) is 8.27. The first-order chi connectivity index (χ1) is 11.2. The highest BCUT2D eigenvalue weighted by Gasteiger charge is 2.31. The van der Waals surface area contributed by atoms with E-state index >= 15 is 0 Å². The van der Waals surface area contributed by atoms with Gasteiger partial charge in [0.2, 0.25) is 0 Å². The molecule has 2 aromatic heterocycles. The van der Waals surface area contributed by atoms with Crippen LogP contribution in [-0.4, -0.2) is 61.6 Å². The lowest BCUT2D eigenvalue weighted by molar-refractivity contribution is 0.0480. The van der Waals surface area contributed by atoms with Crippen molar-refractivity contribution in [3.63, 3.8) is 0 Å². The molecule has 7 heteroatoms. The summed E-state index contributed by atoms with van der Waals surface area (Å²) in [5, 5.41) is 4.26. The van der Waals surface area contributed by atoms with Crippen LogP contribution in [0.2, 0.25) is 0 Å². The van der Waals surface area contributed by atoms with Gasteiger partial charge in [-0.2, -0.15) is 5.10 Å². The molecule has 23 heavy (non-hydrogen) atoms. The van der Waals surface area contributed by atoms with Gasteiger partial charge in [0, 0.05) is 44.8 Å². The summed E-state index contributed by atoms with van der Waals surface area (Å²) in [5.74, 6) is 0.977. The average Bonchev–Trinajstić information content (AvgIpc) is 3.25. The van der Waals surface area contributed by atoms with Gasteiger partial charge in [-0.15, -0.1) is 0 Å². The molecular weight excluding hydrogens is 292 g/mol. The van der Waals surface area contributed by atoms with Gasteiger partial charge in [0.1, 0.15) is 5.82 Å². The molecule has 1 unspecified atom stereocenters. The van der Waals surface area contributed by atoms with Gasteiger partial charge in [-0.3, -0.25) is 14.4 Å². The number of aromatic amines is 1. The van der Waals surface area contributed by atoms with E-state index in [1.54, 1.807) is 12.4 Å². The van der Waals surface area contributed by atoms with Gasteiger partial charge in [0.15, 0.2) is 0 Å². The SMILES string of the molecule is CCCn1cc(C(=O)N2CCN(CC)C(c3ncc[nH]3)C2)cn1. The number of likely N-dealkylation sites (N-methyl/N-ethyl adjacent to an activating group) is 1. The number of H-pyrrole nitrogens is 1. The van der Waals surface area contributed by atoms with Crippen LogP contribution in [0.4, 0.5) is 0 Å². The molecular formula is C16H24N6O. The molecule has 0 aliphatic carbocycles. The molecule has 0 aromatic carbocycles. The molecule has 2 aromatic rings. The molecule has 0 spiro atoms. The first-order valence-corrected chi connectivity index (χ1v) is 8.28. The average molecular weight is 316 g/mol. The van der Waals surface area contributed by atoms with E-state index in [4.69, 9.17) is 0 Å². The van der Waals surface area contributed by atoms with Crippen LogP contribution >= 0.6 is 0 Å². The molecule has 1 fully saturated rings. The third-order valence-corrected chi connectivity index (χ3v) is 4.35. The maximum absolute atomic E-state index is 12.8. The Balaban J connectivity index is 1.73. The van der Waals surface area contributed by atoms with Crippen molar-refractivity contribution < 1.29 is 4.79 Å². The van der Waals surface area contributed by atoms with E-state index < -0.39 is 0 Å². The van der Waals surface area contributed by atoms with Crippen LogP contribution in [0, 0.1) is 0 Å². The summed E-state index contributed by atoms with van der Waals surface area (Å²) in [6, 6.07) is 0.124. The molecule has 7 nitrogen and oxygen atoms in total. The van der Waals surface area contributed by atoms with Crippen molar-refractivity contribution in [1.29, 1.82) is 0 Å². The lowest BCUT2D eigenvalue weighted by atomic mass is 10.1. The number of nitrogens with zero attached hydrogens (tertiary/aromatic N) is 5. The summed E-state index contributed by atoms with van der Waals surface area (Å²) >= 11 is 0. The topological polar surface area (TPSA) is 70.1 Å². The largest absolute Gasteiger partial charge is 0.347 e. The van der Waals surface area contributed by atoms with Crippen LogP contribution in [0.15, 0.2) is 24.8 Å². The molecule has 124 valence electrons. The smallest absolute Gasteiger partial charge is 0.257 e. The predicted octanol–water partition coefficient (Wildman–Crippen LogP) is 1.54. The number of amides is 1. The summed E-state index contributed by atoms with van der Waals surface area (Å²) < 4.78 is 1.83. The second-order valence-electron chi connectivity index (χ2n) is 5.86. The minimum Gasteiger partial charge on any atom is -0.347 e. The number of hydrogen-bond donors (Lipinski definition) is 1. The number of carbonyl (C=O) groups is 1. The zero-order valence-corrected chi connectivity index (χ0v) is 13.8. The summed E-state index contributed by atoms with van der Waals surface area (Å²) in [7, 11) is 0. The van der Waals surface area contributed by atoms with E-state index in [0.717, 1.165) is 38.4 Å². The lowest BCUT2D eigenvalue weighted by Gasteiger charge is -2.39. The number of rotatable bonds is 5. The zero-order valence-electron chi connectivity index (χ0n) is 13.8. The van der Waals surface area contributed by atoms with Crippen LogP contribution in [0.3, 0.4) is 0 Å². The Labute approximate surface area is 136 Å². The molecule has 1 aliphatic heterocycles. The van der Waals surface area contributed by atoms with Crippen LogP contribution in [-0.2, 0) is 6.54 Å². The first-order valence-electron chi connectivity index (χ1n) is 8.28. The van der Waals surface area contributed by atoms with Crippen LogP contribution in [0.5, 0.6) is 0 Å². The van der Waals surface area contributed by atoms with Crippen molar-refractivity contribution in [2.24, 2.45) is 0 Å². The van der Waals surface area contributed by atoms with Crippen molar-refractivity contribution in [3.05, 3.63) is 36.2 Å². The molecule has 3 heterocycles. The third kappa shape index (κ3) is 3.29. The summed E-state index contributed by atoms with van der Waals surface area (Å²) in [5.41, 5.74) is 0.668. The Morgan fingerprint density at radius 2 is 2.26 bits per heavy atom. The van der Waals surface area contributed by atoms with Crippen molar-refractivity contribution in [3.8, 4) is 0 Å². The monoisotopic (exact) mass is 316 g/mol. The standard InChI is InChI=1S/C16H24N6O/c1-3-7-22-11-13(10-19-22)16(23)21-9-8-20(4-2)14(12-21)15-17-5-6-18-15/h5-6,10-11,14H,3-4,7-9,12H2,1-2H3,(H,17,18). The van der Waals surface area contributed by atoms with Gasteiger partial charge in [0.05, 0.1) is 17.8 Å². The highest BCUT2D eigenvalue weighted by molar-refractivity contribution is 5.93. The number of aryl methyl sites for hydroxylation is 1. The molecule has 0 saturated carbocycles. The molecule has 0 radical (unpaired) electrons. The van der Waals surface area contributed by atoms with E-state index in [1.807, 2.05) is 22.0 Å². The van der Waals surface area contributed by atoms with Gasteiger partial charge < -0.3 is 9.88 Å². The predicted molar refractivity (Wildman–Crippen MR) is 87.0 cm³/mol. The van der Waals surface area contributed by atoms with Gasteiger partial charge >= 0.3 is 0 Å². The van der Waals surface area contributed by atoms with E-state index in [2.05, 4.69) is 33.8 Å². The first kappa shape index (κ1) is 15.7. The van der Waals surface area contributed by atoms with Crippen molar-refractivity contribution >= 4 is 5.91 Å². The fourth-order valence-electron chi connectivity index (χ4n) is 3.11. The number of hydrogen-bond acceptors (Lipinski definition) is 4. The Morgan fingerprint density at radius 3 is 2.96 bits per heavy atom. The minimum atomic E-state index is 0.0552. The number of imidazole rings is 1. The quantitative estimate of drug-likeness (QED) is 0.908. The normalized spacial score (nSPS) is 19.2. The molecule has 1 saturated heterocycles. The highest BCUT2D eigenvalue weighted by Crippen LogP contribution is 2.23. The number of piperazine rings is 1. The Kier molecular flexibility index (Phi) is 4.76. The molecule has 1 amide bonds. The van der Waals surface area contributed by atoms with Crippen molar-refractivity contribution in [1.82, 2.24) is 29.5 Å². The molecule has 1 atom stereocenters. The fraction of sp³-hybridized carbons (Fsp3) is 0.562. The van der Waals surface area contributed by atoms with Crippen LogP contribution in [0.1, 0.15) is 42.5 Å². The van der Waals surface area contributed by atoms with Crippen LogP contribution in [0.25, 0.3) is 0 Å². The van der Waals surface area contributed by atoms with Gasteiger partial charge in [-0.1, -0.05) is 13.8 Å². The second kappa shape index (κ2) is 6.95. The minimum absolute atomic E-state index is 0.0552. The zero-order chi connectivity index (χ0) is 16.2. The number of nitrogens with one attached hydrogen (secondary N) is 1. The summed E-state index contributed by atoms with van der Waals surface area (Å²) in [6.07, 6.45) is 8.12. The van der Waals surface area contributed by atoms with Crippen LogP contribution < -0.4 is 0 Å². The van der Waals surface area contributed by atoms with E-state index in [0.29, 0.717) is 12.1 Å². The Morgan fingerprint density at radius 1 is 1.39 bits per heavy atom. The molecule has 1 aliphatic rings. The number of aromatic nitrogens is 4. The molecule has 1 N–H and O–H groups in total. The van der Waals surface area contributed by atoms with Gasteiger partial charge in [-0.05, 0) is 13.0 Å². The van der Waals surface area contributed by atoms with Gasteiger partial charge in [0.25, 0.3) is 5.91 Å². The highest BCUT2D eigenvalue weighted by atomic mass is 16.2. The maximum Gasteiger partial charge on any atom is 0.257 e. The van der Waals surface area contributed by atoms with Gasteiger partial charge in [-0.25, -0.2) is 4.98 Å². The second-order valence-corrected chi connectivity index (χ2v) is 5.86. The molecule has 0 bridgehead atoms. The van der Waals surface area contributed by atoms with E-state index in [9.17, 15) is 4.79 Å². The maximum atomic E-state index is 12.8. The van der Waals surface area contributed by atoms with Crippen molar-refractivity contribution in [2.75, 3.05) is 26.2 Å². The fourth-order valence-corrected chi connectivity index (χ4v) is 3.11.